The first-order valence-corrected chi connectivity index (χ1v) is 8.03. The minimum Gasteiger partial charge on any atom is -0.364 e. The van der Waals surface area contributed by atoms with Gasteiger partial charge in [0.15, 0.2) is 0 Å². The molecule has 130 valence electrons. The highest BCUT2D eigenvalue weighted by atomic mass is 16.1. The summed E-state index contributed by atoms with van der Waals surface area (Å²) in [6.07, 6.45) is 10.7. The Bertz CT molecular complexity index is 1000. The van der Waals surface area contributed by atoms with Crippen LogP contribution in [0.15, 0.2) is 66.8 Å². The number of hydrogen-bond acceptors (Lipinski definition) is 5. The molecule has 0 aliphatic carbocycles. The first kappa shape index (κ1) is 15.8. The summed E-state index contributed by atoms with van der Waals surface area (Å²) in [4.78, 5) is 16.2. The topological polar surface area (TPSA) is 115 Å². The molecule has 0 saturated carbocycles. The summed E-state index contributed by atoms with van der Waals surface area (Å²) in [5, 5.41) is 14.9. The fourth-order valence-corrected chi connectivity index (χ4v) is 3.13. The van der Waals surface area contributed by atoms with Gasteiger partial charge in [0, 0.05) is 31.2 Å². The van der Waals surface area contributed by atoms with Crippen LogP contribution in [0, 0.1) is 0 Å². The van der Waals surface area contributed by atoms with Crippen molar-refractivity contribution in [2.75, 3.05) is 0 Å². The molecule has 3 aromatic heterocycles. The summed E-state index contributed by atoms with van der Waals surface area (Å²) in [6.45, 7) is 0. The van der Waals surface area contributed by atoms with Crippen molar-refractivity contribution in [3.63, 3.8) is 0 Å². The molecule has 1 amide bonds. The van der Waals surface area contributed by atoms with Crippen LogP contribution < -0.4 is 11.1 Å². The summed E-state index contributed by atoms with van der Waals surface area (Å²) in [6, 6.07) is 7.49. The normalized spacial score (nSPS) is 19.0. The van der Waals surface area contributed by atoms with Gasteiger partial charge in [-0.2, -0.15) is 10.2 Å². The van der Waals surface area contributed by atoms with Crippen molar-refractivity contribution in [3.8, 4) is 11.4 Å². The van der Waals surface area contributed by atoms with Gasteiger partial charge in [0.05, 0.1) is 11.4 Å². The second-order valence-corrected chi connectivity index (χ2v) is 5.99. The fraction of sp³-hybridized carbons (Fsp3) is 0.111. The number of dihydropyridines is 1. The molecule has 1 unspecified atom stereocenters. The first-order chi connectivity index (χ1) is 12.6. The van der Waals surface area contributed by atoms with E-state index in [1.54, 1.807) is 29.2 Å². The number of hydrogen-bond donors (Lipinski definition) is 3. The van der Waals surface area contributed by atoms with E-state index in [1.165, 1.54) is 0 Å². The highest BCUT2D eigenvalue weighted by Gasteiger charge is 2.40. The maximum Gasteiger partial charge on any atom is 0.264 e. The predicted octanol–water partition coefficient (Wildman–Crippen LogP) is 0.977. The van der Waals surface area contributed by atoms with Gasteiger partial charge in [-0.1, -0.05) is 12.1 Å². The van der Waals surface area contributed by atoms with Crippen LogP contribution in [0.3, 0.4) is 0 Å². The SMILES string of the molecule is Cn1cc(C2(c3ccn[nH]3)C=CC=C(C(N)=O)N2)c(-c2ccccn2)n1. The lowest BCUT2D eigenvalue weighted by Gasteiger charge is -2.34. The molecule has 0 saturated heterocycles. The van der Waals surface area contributed by atoms with Crippen LogP contribution in [-0.4, -0.2) is 30.9 Å². The lowest BCUT2D eigenvalue weighted by atomic mass is 9.83. The Morgan fingerprint density at radius 1 is 1.27 bits per heavy atom. The zero-order valence-corrected chi connectivity index (χ0v) is 14.0. The van der Waals surface area contributed by atoms with Crippen molar-refractivity contribution in [3.05, 3.63) is 78.0 Å². The van der Waals surface area contributed by atoms with Gasteiger partial charge in [-0.3, -0.25) is 19.6 Å². The van der Waals surface area contributed by atoms with Crippen LogP contribution in [0.1, 0.15) is 11.3 Å². The van der Waals surface area contributed by atoms with Gasteiger partial charge >= 0.3 is 0 Å². The number of nitrogens with one attached hydrogen (secondary N) is 2. The summed E-state index contributed by atoms with van der Waals surface area (Å²) in [5.74, 6) is -0.540. The van der Waals surface area contributed by atoms with E-state index < -0.39 is 11.4 Å². The molecule has 0 fully saturated rings. The third kappa shape index (κ3) is 2.48. The molecule has 4 heterocycles. The smallest absolute Gasteiger partial charge is 0.264 e. The summed E-state index contributed by atoms with van der Waals surface area (Å²) in [5.41, 5.74) is 7.95. The largest absolute Gasteiger partial charge is 0.364 e. The standard InChI is InChI=1S/C18H17N7O/c1-25-11-12(16(24-25)13-5-2-3-9-20-13)18(15-7-10-21-23-15)8-4-6-14(22-18)17(19)26/h2-11,22H,1H3,(H2,19,26)(H,21,23). The highest BCUT2D eigenvalue weighted by Crippen LogP contribution is 2.37. The molecule has 4 N–H and O–H groups in total. The van der Waals surface area contributed by atoms with E-state index in [-0.39, 0.29) is 0 Å². The molecule has 0 spiro atoms. The van der Waals surface area contributed by atoms with Gasteiger partial charge < -0.3 is 11.1 Å². The molecule has 3 aromatic rings. The van der Waals surface area contributed by atoms with Gasteiger partial charge in [-0.15, -0.1) is 0 Å². The van der Waals surface area contributed by atoms with Crippen molar-refractivity contribution in [2.24, 2.45) is 12.8 Å². The zero-order chi connectivity index (χ0) is 18.1. The number of primary amides is 1. The molecular weight excluding hydrogens is 330 g/mol. The van der Waals surface area contributed by atoms with Crippen LogP contribution in [-0.2, 0) is 17.4 Å². The van der Waals surface area contributed by atoms with Gasteiger partial charge in [0.2, 0.25) is 0 Å². The number of aromatic amines is 1. The lowest BCUT2D eigenvalue weighted by Crippen LogP contribution is -2.46. The van der Waals surface area contributed by atoms with Gasteiger partial charge in [0.1, 0.15) is 16.9 Å². The number of pyridine rings is 1. The second kappa shape index (κ2) is 5.99. The van der Waals surface area contributed by atoms with Crippen molar-refractivity contribution in [1.82, 2.24) is 30.3 Å². The molecule has 26 heavy (non-hydrogen) atoms. The number of aryl methyl sites for hydroxylation is 1. The zero-order valence-electron chi connectivity index (χ0n) is 14.0. The molecule has 0 bridgehead atoms. The third-order valence-corrected chi connectivity index (χ3v) is 4.29. The number of aromatic nitrogens is 5. The van der Waals surface area contributed by atoms with E-state index in [2.05, 4.69) is 25.6 Å². The van der Waals surface area contributed by atoms with Crippen LogP contribution in [0.4, 0.5) is 0 Å². The quantitative estimate of drug-likeness (QED) is 0.651. The van der Waals surface area contributed by atoms with Crippen LogP contribution in [0.25, 0.3) is 11.4 Å². The molecular formula is C18H17N7O. The lowest BCUT2D eigenvalue weighted by molar-refractivity contribution is -0.115. The highest BCUT2D eigenvalue weighted by molar-refractivity contribution is 5.92. The molecule has 0 radical (unpaired) electrons. The molecule has 1 atom stereocenters. The molecule has 8 heteroatoms. The van der Waals surface area contributed by atoms with Gasteiger partial charge in [-0.25, -0.2) is 0 Å². The van der Waals surface area contributed by atoms with Crippen LogP contribution in [0.2, 0.25) is 0 Å². The summed E-state index contributed by atoms with van der Waals surface area (Å²) in [7, 11) is 1.84. The van der Waals surface area contributed by atoms with E-state index in [0.717, 1.165) is 17.0 Å². The maximum absolute atomic E-state index is 11.8. The second-order valence-electron chi connectivity index (χ2n) is 5.99. The Labute approximate surface area is 149 Å². The number of carbonyl (C=O) groups excluding carboxylic acids is 1. The van der Waals surface area contributed by atoms with E-state index in [4.69, 9.17) is 5.73 Å². The molecule has 1 aliphatic heterocycles. The summed E-state index contributed by atoms with van der Waals surface area (Å²) < 4.78 is 1.72. The Morgan fingerprint density at radius 2 is 2.15 bits per heavy atom. The summed E-state index contributed by atoms with van der Waals surface area (Å²) >= 11 is 0. The van der Waals surface area contributed by atoms with Crippen molar-refractivity contribution >= 4 is 5.91 Å². The fourth-order valence-electron chi connectivity index (χ4n) is 3.13. The molecule has 1 aliphatic rings. The van der Waals surface area contributed by atoms with E-state index in [9.17, 15) is 4.79 Å². The van der Waals surface area contributed by atoms with Crippen molar-refractivity contribution in [1.29, 1.82) is 0 Å². The van der Waals surface area contributed by atoms with Crippen LogP contribution >= 0.6 is 0 Å². The number of nitrogens with two attached hydrogens (primary N) is 1. The van der Waals surface area contributed by atoms with E-state index >= 15 is 0 Å². The van der Waals surface area contributed by atoms with Crippen molar-refractivity contribution in [2.45, 2.75) is 5.54 Å². The Morgan fingerprint density at radius 3 is 2.85 bits per heavy atom. The van der Waals surface area contributed by atoms with Gasteiger partial charge in [0.25, 0.3) is 5.91 Å². The Hall–Kier alpha value is -3.68. The molecule has 0 aromatic carbocycles. The number of rotatable bonds is 4. The average Bonchev–Trinajstić information content (AvgIpc) is 3.33. The molecule has 4 rings (SSSR count). The minimum absolute atomic E-state index is 0.304. The Balaban J connectivity index is 1.95. The Kier molecular flexibility index (Phi) is 3.65. The molecule has 8 nitrogen and oxygen atoms in total. The third-order valence-electron chi connectivity index (χ3n) is 4.29. The number of amides is 1. The number of nitrogens with zero attached hydrogens (tertiary/aromatic N) is 4. The number of H-pyrrole nitrogens is 1. The van der Waals surface area contributed by atoms with Crippen molar-refractivity contribution < 1.29 is 4.79 Å². The minimum atomic E-state index is -0.878. The van der Waals surface area contributed by atoms with E-state index in [0.29, 0.717) is 11.4 Å². The predicted molar refractivity (Wildman–Crippen MR) is 95.4 cm³/mol. The van der Waals surface area contributed by atoms with Crippen LogP contribution in [0.5, 0.6) is 0 Å². The monoisotopic (exact) mass is 347 g/mol. The maximum atomic E-state index is 11.8. The number of allylic oxidation sites excluding steroid dienone is 2. The average molecular weight is 347 g/mol. The number of carbonyl (C=O) groups is 1. The van der Waals surface area contributed by atoms with Gasteiger partial charge in [-0.05, 0) is 30.4 Å². The first-order valence-electron chi connectivity index (χ1n) is 8.03. The van der Waals surface area contributed by atoms with E-state index in [1.807, 2.05) is 43.6 Å².